The second-order valence-corrected chi connectivity index (χ2v) is 13.3. The number of aliphatic imine (C=N–C) groups is 2. The molecular formula is C34H41BrN4O2PS-. The Morgan fingerprint density at radius 1 is 1.14 bits per heavy atom. The molecule has 2 unspecified atom stereocenters. The lowest BCUT2D eigenvalue weighted by Gasteiger charge is -2.23. The number of nitrogens with one attached hydrogen (secondary N) is 1. The molecule has 0 saturated carbocycles. The van der Waals surface area contributed by atoms with Gasteiger partial charge in [-0.15, -0.1) is 13.5 Å². The molecule has 0 spiro atoms. The van der Waals surface area contributed by atoms with Gasteiger partial charge in [0.2, 0.25) is 0 Å². The Balaban J connectivity index is 0.000000268. The van der Waals surface area contributed by atoms with Crippen LogP contribution in [-0.4, -0.2) is 41.6 Å². The van der Waals surface area contributed by atoms with Crippen molar-refractivity contribution in [2.45, 2.75) is 45.1 Å². The highest BCUT2D eigenvalue weighted by atomic mass is 79.9. The normalized spacial score (nSPS) is 16.9. The van der Waals surface area contributed by atoms with Crippen LogP contribution in [0.15, 0.2) is 116 Å². The van der Waals surface area contributed by atoms with Crippen molar-refractivity contribution in [3.05, 3.63) is 107 Å². The summed E-state index contributed by atoms with van der Waals surface area (Å²) in [7, 11) is -0.141. The molecule has 1 aliphatic rings. The molecule has 4 rings (SSSR count). The van der Waals surface area contributed by atoms with Crippen molar-refractivity contribution in [1.82, 2.24) is 10.3 Å². The Morgan fingerprint density at radius 2 is 1.88 bits per heavy atom. The lowest BCUT2D eigenvalue weighted by Crippen LogP contribution is -2.21. The Labute approximate surface area is 268 Å². The Kier molecular flexibility index (Phi) is 15.4. The van der Waals surface area contributed by atoms with E-state index < -0.39 is 10.4 Å². The summed E-state index contributed by atoms with van der Waals surface area (Å²) in [6, 6.07) is 20.6. The molecule has 9 heteroatoms. The van der Waals surface area contributed by atoms with Gasteiger partial charge in [0.25, 0.3) is 0 Å². The third-order valence-corrected chi connectivity index (χ3v) is 9.53. The van der Waals surface area contributed by atoms with Crippen LogP contribution in [0.4, 0.5) is 0 Å². The van der Waals surface area contributed by atoms with Crippen LogP contribution in [0.25, 0.3) is 0 Å². The monoisotopic (exact) mass is 679 g/mol. The van der Waals surface area contributed by atoms with Gasteiger partial charge in [-0.2, -0.15) is 5.87 Å². The lowest BCUT2D eigenvalue weighted by molar-refractivity contribution is 0.482. The summed E-state index contributed by atoms with van der Waals surface area (Å²) in [5.41, 5.74) is 4.47. The number of nitrogens with zero attached hydrogens (tertiary/aromatic N) is 3. The third-order valence-electron chi connectivity index (χ3n) is 6.47. The number of para-hydroxylation sites is 1. The summed E-state index contributed by atoms with van der Waals surface area (Å²) < 4.78 is 17.6. The number of hydrogen-bond donors (Lipinski definition) is 1. The highest BCUT2D eigenvalue weighted by Gasteiger charge is 2.18. The van der Waals surface area contributed by atoms with Gasteiger partial charge in [0, 0.05) is 49.0 Å². The molecule has 0 radical (unpaired) electrons. The second kappa shape index (κ2) is 19.3. The fraction of sp³-hybridized carbons (Fsp3) is 0.294. The molecule has 1 fully saturated rings. The van der Waals surface area contributed by atoms with Crippen LogP contribution >= 0.6 is 24.5 Å². The van der Waals surface area contributed by atoms with Gasteiger partial charge in [0.05, 0.1) is 10.2 Å². The van der Waals surface area contributed by atoms with Crippen molar-refractivity contribution >= 4 is 52.7 Å². The summed E-state index contributed by atoms with van der Waals surface area (Å²) in [5.74, 6) is 5.51. The number of halogens is 1. The number of pyridine rings is 1. The second-order valence-electron chi connectivity index (χ2n) is 9.92. The summed E-state index contributed by atoms with van der Waals surface area (Å²) in [6.45, 7) is 7.74. The molecule has 43 heavy (non-hydrogen) atoms. The number of ether oxygens (including phenoxy) is 1. The van der Waals surface area contributed by atoms with Gasteiger partial charge in [-0.3, -0.25) is 25.4 Å². The predicted octanol–water partition coefficient (Wildman–Crippen LogP) is 8.56. The lowest BCUT2D eigenvalue weighted by atomic mass is 9.98. The molecule has 2 aromatic carbocycles. The van der Waals surface area contributed by atoms with E-state index in [2.05, 4.69) is 56.2 Å². The molecule has 228 valence electrons. The van der Waals surface area contributed by atoms with Gasteiger partial charge < -0.3 is 14.3 Å². The number of aromatic nitrogens is 1. The molecule has 3 aromatic rings. The highest BCUT2D eigenvalue weighted by Crippen LogP contribution is 2.30. The zero-order chi connectivity index (χ0) is 30.9. The zero-order valence-corrected chi connectivity index (χ0v) is 28.5. The number of allylic oxidation sites excluding steroid dienone is 4. The number of rotatable bonds is 11. The smallest absolute Gasteiger partial charge is 0.127 e. The van der Waals surface area contributed by atoms with Gasteiger partial charge in [-0.05, 0) is 104 Å². The van der Waals surface area contributed by atoms with Gasteiger partial charge in [0.1, 0.15) is 11.5 Å². The van der Waals surface area contributed by atoms with Crippen molar-refractivity contribution in [2.75, 3.05) is 18.9 Å². The Bertz CT molecular complexity index is 1460. The van der Waals surface area contributed by atoms with E-state index in [9.17, 15) is 4.21 Å². The summed E-state index contributed by atoms with van der Waals surface area (Å²) >= 11 is 3.61. The van der Waals surface area contributed by atoms with E-state index in [4.69, 9.17) is 9.73 Å². The maximum absolute atomic E-state index is 11.1. The van der Waals surface area contributed by atoms with E-state index in [0.29, 0.717) is 10.8 Å². The molecule has 0 aliphatic carbocycles. The summed E-state index contributed by atoms with van der Waals surface area (Å²) in [4.78, 5) is 14.2. The zero-order valence-electron chi connectivity index (χ0n) is 25.1. The Hall–Kier alpha value is -3.06. The van der Waals surface area contributed by atoms with Crippen LogP contribution in [0.1, 0.15) is 39.2 Å². The highest BCUT2D eigenvalue weighted by molar-refractivity contribution is 9.12. The molecule has 1 saturated heterocycles. The minimum Gasteiger partial charge on any atom is -0.457 e. The number of hydrogen-bond acceptors (Lipinski definition) is 7. The summed E-state index contributed by atoms with van der Waals surface area (Å²) in [6.07, 6.45) is 12.9. The predicted molar refractivity (Wildman–Crippen MR) is 190 cm³/mol. The molecular weight excluding hydrogens is 639 g/mol. The van der Waals surface area contributed by atoms with E-state index >= 15 is 0 Å². The van der Waals surface area contributed by atoms with Crippen LogP contribution in [0, 0.1) is 5.92 Å². The van der Waals surface area contributed by atoms with E-state index in [1.165, 1.54) is 36.4 Å². The first-order chi connectivity index (χ1) is 20.9. The molecule has 1 aromatic heterocycles. The van der Waals surface area contributed by atoms with Crippen molar-refractivity contribution in [3.8, 4) is 11.5 Å². The maximum Gasteiger partial charge on any atom is 0.127 e. The van der Waals surface area contributed by atoms with E-state index in [0.717, 1.165) is 49.0 Å². The fourth-order valence-electron chi connectivity index (χ4n) is 4.16. The van der Waals surface area contributed by atoms with Crippen molar-refractivity contribution in [2.24, 2.45) is 15.9 Å². The van der Waals surface area contributed by atoms with E-state index in [1.807, 2.05) is 62.7 Å². The van der Waals surface area contributed by atoms with Crippen LogP contribution in [0.2, 0.25) is 0 Å². The minimum atomic E-state index is -1.19. The molecule has 1 aliphatic heterocycles. The fourth-order valence-corrected chi connectivity index (χ4v) is 6.25. The molecule has 2 atom stereocenters. The standard InChI is InChI=1S/C21H30BrN4P.C13H11O2S/c1-4-23-14-20(22)17(3)26-21(19-8-6-10-27-15-19)11-16(2)25-13-18-7-5-9-24-12-18;1-16(14)13-9-7-12(8-10-13)15-11-5-3-2-4-6-11/h5,7,9,11-12,14,19,25,27H,4,6,8,10,13,15H2,1-3H3;2-10H,1H2/q;-1/b16-11+,20-17-,23-14?,26-21-;. The van der Waals surface area contributed by atoms with Gasteiger partial charge >= 0.3 is 0 Å². The molecule has 2 heterocycles. The van der Waals surface area contributed by atoms with Crippen LogP contribution in [0.5, 0.6) is 11.5 Å². The van der Waals surface area contributed by atoms with Crippen LogP contribution in [-0.2, 0) is 21.1 Å². The first-order valence-corrected chi connectivity index (χ1v) is 17.9. The average Bonchev–Trinajstić information content (AvgIpc) is 3.04. The van der Waals surface area contributed by atoms with E-state index in [1.54, 1.807) is 30.5 Å². The van der Waals surface area contributed by atoms with Crippen molar-refractivity contribution in [3.63, 3.8) is 0 Å². The largest absolute Gasteiger partial charge is 0.457 e. The molecule has 1 N–H and O–H groups in total. The van der Waals surface area contributed by atoms with Gasteiger partial charge in [0.15, 0.2) is 0 Å². The molecule has 0 amide bonds. The summed E-state index contributed by atoms with van der Waals surface area (Å²) in [5, 5.41) is 3.49. The van der Waals surface area contributed by atoms with Crippen molar-refractivity contribution in [1.29, 1.82) is 0 Å². The van der Waals surface area contributed by atoms with Crippen LogP contribution in [0.3, 0.4) is 0 Å². The Morgan fingerprint density at radius 3 is 2.51 bits per heavy atom. The first-order valence-electron chi connectivity index (χ1n) is 14.4. The quantitative estimate of drug-likeness (QED) is 0.0954. The van der Waals surface area contributed by atoms with Crippen molar-refractivity contribution < 1.29 is 8.95 Å². The van der Waals surface area contributed by atoms with E-state index in [-0.39, 0.29) is 0 Å². The van der Waals surface area contributed by atoms with Gasteiger partial charge in [-0.1, -0.05) is 36.4 Å². The molecule has 0 bridgehead atoms. The average molecular weight is 681 g/mol. The minimum absolute atomic E-state index is 0.547. The third kappa shape index (κ3) is 13.0. The van der Waals surface area contributed by atoms with Gasteiger partial charge in [-0.25, -0.2) is 0 Å². The molecule has 6 nitrogen and oxygen atoms in total. The van der Waals surface area contributed by atoms with Crippen LogP contribution < -0.4 is 10.1 Å². The number of benzene rings is 2. The maximum atomic E-state index is 11.1. The topological polar surface area (TPSA) is 75.9 Å². The first kappa shape index (κ1) is 34.4. The SMILES string of the molecule is C=[S-](=O)c1ccc(Oc2ccccc2)cc1.CCN=C/C(Br)=C(C)/N=C(/C=C(\C)NCc1cccnc1)C1CCCPC1.